The van der Waals surface area contributed by atoms with Gasteiger partial charge in [-0.3, -0.25) is 0 Å². The van der Waals surface area contributed by atoms with Gasteiger partial charge in [0.15, 0.2) is 0 Å². The quantitative estimate of drug-likeness (QED) is 0.510. The zero-order chi connectivity index (χ0) is 6.69. The molecule has 0 spiro atoms. The number of rotatable bonds is 1. The van der Waals surface area contributed by atoms with Crippen LogP contribution in [0.25, 0.3) is 0 Å². The predicted molar refractivity (Wildman–Crippen MR) is 39.8 cm³/mol. The predicted octanol–water partition coefficient (Wildman–Crippen LogP) is 1.60. The lowest BCUT2D eigenvalue weighted by molar-refractivity contribution is 0.527. The fourth-order valence-corrected chi connectivity index (χ4v) is 0.810. The molecule has 1 aliphatic rings. The minimum Gasteiger partial charge on any atom is -0.378 e. The highest BCUT2D eigenvalue weighted by atomic mass is 15.1. The molecule has 0 aliphatic heterocycles. The topological polar surface area (TPSA) is 3.24 Å². The van der Waals surface area contributed by atoms with Crippen molar-refractivity contribution in [1.82, 2.24) is 4.90 Å². The maximum Gasteiger partial charge on any atom is 0.0320 e. The van der Waals surface area contributed by atoms with Crippen molar-refractivity contribution in [2.24, 2.45) is 0 Å². The molecule has 0 heterocycles. The third-order valence-corrected chi connectivity index (χ3v) is 1.37. The van der Waals surface area contributed by atoms with Crippen molar-refractivity contribution >= 4 is 0 Å². The lowest BCUT2D eigenvalue weighted by atomic mass is 10.1. The summed E-state index contributed by atoms with van der Waals surface area (Å²) in [6, 6.07) is 0. The summed E-state index contributed by atoms with van der Waals surface area (Å²) >= 11 is 0. The van der Waals surface area contributed by atoms with Crippen LogP contribution < -0.4 is 0 Å². The van der Waals surface area contributed by atoms with E-state index in [0.29, 0.717) is 0 Å². The maximum absolute atomic E-state index is 2.16. The van der Waals surface area contributed by atoms with Gasteiger partial charge in [0.2, 0.25) is 0 Å². The van der Waals surface area contributed by atoms with E-state index in [-0.39, 0.29) is 0 Å². The van der Waals surface area contributed by atoms with Gasteiger partial charge in [0, 0.05) is 19.8 Å². The molecule has 0 aromatic rings. The van der Waals surface area contributed by atoms with E-state index in [1.165, 1.54) is 5.70 Å². The van der Waals surface area contributed by atoms with Crippen molar-refractivity contribution in [3.05, 3.63) is 30.3 Å². The molecule has 1 nitrogen and oxygen atoms in total. The summed E-state index contributed by atoms with van der Waals surface area (Å²) < 4.78 is 0. The standard InChI is InChI=1S/C8H12N/c1-9(2)8-6-4-3-5-7-8/h4-7H,3H2,1-2H3. The second-order valence-electron chi connectivity index (χ2n) is 2.36. The fraction of sp³-hybridized carbons (Fsp3) is 0.375. The average Bonchev–Trinajstić information content (AvgIpc) is 1.90. The molecule has 0 bridgehead atoms. The van der Waals surface area contributed by atoms with E-state index in [0.717, 1.165) is 6.42 Å². The first-order valence-corrected chi connectivity index (χ1v) is 3.18. The molecule has 1 aliphatic carbocycles. The highest BCUT2D eigenvalue weighted by Crippen LogP contribution is 2.09. The number of nitrogens with zero attached hydrogens (tertiary/aromatic N) is 1. The third kappa shape index (κ3) is 1.60. The minimum atomic E-state index is 1.08. The van der Waals surface area contributed by atoms with Crippen LogP contribution in [-0.2, 0) is 0 Å². The second-order valence-corrected chi connectivity index (χ2v) is 2.36. The Labute approximate surface area is 56.7 Å². The Morgan fingerprint density at radius 3 is 2.56 bits per heavy atom. The monoisotopic (exact) mass is 122 g/mol. The van der Waals surface area contributed by atoms with Gasteiger partial charge >= 0.3 is 0 Å². The molecule has 1 heteroatoms. The maximum atomic E-state index is 2.16. The first-order chi connectivity index (χ1) is 4.30. The molecule has 0 N–H and O–H groups in total. The molecule has 0 unspecified atom stereocenters. The number of likely N-dealkylation sites (N-methyl/N-ethyl adjacent to an activating group) is 1. The molecule has 49 valence electrons. The van der Waals surface area contributed by atoms with E-state index in [1.807, 2.05) is 0 Å². The van der Waals surface area contributed by atoms with Crippen LogP contribution in [0.15, 0.2) is 23.9 Å². The van der Waals surface area contributed by atoms with Crippen LogP contribution in [0.3, 0.4) is 0 Å². The Hall–Kier alpha value is -0.720. The second kappa shape index (κ2) is 2.72. The van der Waals surface area contributed by atoms with E-state index in [2.05, 4.69) is 43.6 Å². The van der Waals surface area contributed by atoms with E-state index >= 15 is 0 Å². The summed E-state index contributed by atoms with van der Waals surface area (Å²) in [6.07, 6.45) is 9.68. The summed E-state index contributed by atoms with van der Waals surface area (Å²) in [5.74, 6) is 0. The van der Waals surface area contributed by atoms with Crippen LogP contribution in [0, 0.1) is 6.42 Å². The summed E-state index contributed by atoms with van der Waals surface area (Å²) in [6.45, 7) is 0. The van der Waals surface area contributed by atoms with E-state index in [9.17, 15) is 0 Å². The van der Waals surface area contributed by atoms with Gasteiger partial charge in [-0.05, 0) is 18.9 Å². The van der Waals surface area contributed by atoms with Crippen LogP contribution in [0.2, 0.25) is 0 Å². The van der Waals surface area contributed by atoms with Crippen molar-refractivity contribution < 1.29 is 0 Å². The minimum absolute atomic E-state index is 1.08. The van der Waals surface area contributed by atoms with Gasteiger partial charge in [0.05, 0.1) is 0 Å². The Morgan fingerprint density at radius 1 is 1.44 bits per heavy atom. The lowest BCUT2D eigenvalue weighted by Crippen LogP contribution is -2.10. The summed E-state index contributed by atoms with van der Waals surface area (Å²) in [4.78, 5) is 2.10. The first-order valence-electron chi connectivity index (χ1n) is 3.18. The van der Waals surface area contributed by atoms with E-state index in [1.54, 1.807) is 0 Å². The highest BCUT2D eigenvalue weighted by molar-refractivity contribution is 5.25. The molecule has 0 amide bonds. The summed E-state index contributed by atoms with van der Waals surface area (Å²) in [5, 5.41) is 0. The van der Waals surface area contributed by atoms with Crippen molar-refractivity contribution in [3.8, 4) is 0 Å². The Morgan fingerprint density at radius 2 is 2.22 bits per heavy atom. The first kappa shape index (κ1) is 6.40. The highest BCUT2D eigenvalue weighted by Gasteiger charge is 1.96. The average molecular weight is 122 g/mol. The molecule has 0 saturated carbocycles. The molecule has 0 fully saturated rings. The number of hydrogen-bond acceptors (Lipinski definition) is 1. The Balaban J connectivity index is 2.58. The largest absolute Gasteiger partial charge is 0.378 e. The van der Waals surface area contributed by atoms with Crippen molar-refractivity contribution in [2.75, 3.05) is 14.1 Å². The molecule has 1 radical (unpaired) electrons. The zero-order valence-electron chi connectivity index (χ0n) is 5.96. The van der Waals surface area contributed by atoms with Gasteiger partial charge < -0.3 is 4.90 Å². The van der Waals surface area contributed by atoms with Crippen LogP contribution in [-0.4, -0.2) is 19.0 Å². The Bertz CT molecular complexity index is 143. The SMILES string of the molecule is CN(C)C1=C[CH]CC=C1. The normalized spacial score (nSPS) is 17.3. The van der Waals surface area contributed by atoms with Gasteiger partial charge in [-0.15, -0.1) is 0 Å². The Kier molecular flexibility index (Phi) is 1.93. The van der Waals surface area contributed by atoms with Crippen molar-refractivity contribution in [3.63, 3.8) is 0 Å². The van der Waals surface area contributed by atoms with Crippen LogP contribution >= 0.6 is 0 Å². The smallest absolute Gasteiger partial charge is 0.0320 e. The molecule has 0 atom stereocenters. The van der Waals surface area contributed by atoms with Crippen LogP contribution in [0.1, 0.15) is 6.42 Å². The van der Waals surface area contributed by atoms with Crippen molar-refractivity contribution in [2.45, 2.75) is 6.42 Å². The lowest BCUT2D eigenvalue weighted by Gasteiger charge is -2.15. The van der Waals surface area contributed by atoms with Gasteiger partial charge in [-0.25, -0.2) is 0 Å². The molecule has 1 rings (SSSR count). The summed E-state index contributed by atoms with van der Waals surface area (Å²) in [5.41, 5.74) is 1.28. The number of allylic oxidation sites excluding steroid dienone is 3. The van der Waals surface area contributed by atoms with Gasteiger partial charge in [-0.1, -0.05) is 12.2 Å². The van der Waals surface area contributed by atoms with Crippen LogP contribution in [0.4, 0.5) is 0 Å². The van der Waals surface area contributed by atoms with E-state index < -0.39 is 0 Å². The molecule has 0 aromatic heterocycles. The number of hydrogen-bond donors (Lipinski definition) is 0. The molecule has 0 aromatic carbocycles. The van der Waals surface area contributed by atoms with Crippen molar-refractivity contribution in [1.29, 1.82) is 0 Å². The summed E-state index contributed by atoms with van der Waals surface area (Å²) in [7, 11) is 4.10. The molecule has 9 heavy (non-hydrogen) atoms. The molecular weight excluding hydrogens is 110 g/mol. The van der Waals surface area contributed by atoms with Gasteiger partial charge in [0.25, 0.3) is 0 Å². The zero-order valence-corrected chi connectivity index (χ0v) is 5.96. The van der Waals surface area contributed by atoms with Crippen LogP contribution in [0.5, 0.6) is 0 Å². The van der Waals surface area contributed by atoms with Gasteiger partial charge in [-0.2, -0.15) is 0 Å². The fourth-order valence-electron chi connectivity index (χ4n) is 0.810. The molecule has 0 saturated heterocycles. The van der Waals surface area contributed by atoms with Gasteiger partial charge in [0.1, 0.15) is 0 Å². The van der Waals surface area contributed by atoms with E-state index in [4.69, 9.17) is 0 Å². The molecular formula is C8H12N. The third-order valence-electron chi connectivity index (χ3n) is 1.37.